The molecule has 0 radical (unpaired) electrons. The van der Waals surface area contributed by atoms with E-state index < -0.39 is 17.5 Å². The van der Waals surface area contributed by atoms with Crippen LogP contribution in [0.5, 0.6) is 5.75 Å². The molecule has 0 unspecified atom stereocenters. The summed E-state index contributed by atoms with van der Waals surface area (Å²) in [6, 6.07) is 18.1. The summed E-state index contributed by atoms with van der Waals surface area (Å²) in [7, 11) is 1.64. The molecule has 2 N–H and O–H groups in total. The topological polar surface area (TPSA) is 50.4 Å². The zero-order valence-electron chi connectivity index (χ0n) is 15.3. The number of amides is 1. The third-order valence-corrected chi connectivity index (χ3v) is 4.23. The fraction of sp³-hybridized carbons (Fsp3) is 0.136. The van der Waals surface area contributed by atoms with E-state index in [2.05, 4.69) is 10.6 Å². The van der Waals surface area contributed by atoms with Crippen molar-refractivity contribution in [2.75, 3.05) is 24.3 Å². The van der Waals surface area contributed by atoms with Gasteiger partial charge in [-0.1, -0.05) is 12.1 Å². The Morgan fingerprint density at radius 3 is 2.21 bits per heavy atom. The van der Waals surface area contributed by atoms with Gasteiger partial charge in [-0.25, -0.2) is 8.78 Å². The number of carbonyl (C=O) groups is 1. The van der Waals surface area contributed by atoms with E-state index in [1.54, 1.807) is 19.2 Å². The molecule has 0 fully saturated rings. The van der Waals surface area contributed by atoms with Crippen LogP contribution in [0.4, 0.5) is 20.2 Å². The summed E-state index contributed by atoms with van der Waals surface area (Å²) in [6.45, 7) is 0.757. The minimum absolute atomic E-state index is 0.0561. The summed E-state index contributed by atoms with van der Waals surface area (Å²) in [5, 5.41) is 5.97. The maximum Gasteiger partial charge on any atom is 0.255 e. The quantitative estimate of drug-likeness (QED) is 0.612. The number of ether oxygens (including phenoxy) is 1. The number of rotatable bonds is 7. The van der Waals surface area contributed by atoms with Gasteiger partial charge in [0.25, 0.3) is 5.91 Å². The molecular formula is C22H20F2N2O2. The molecule has 0 aliphatic carbocycles. The lowest BCUT2D eigenvalue weighted by atomic mass is 10.1. The number of carbonyl (C=O) groups excluding carboxylic acids is 1. The van der Waals surface area contributed by atoms with Gasteiger partial charge in [0.15, 0.2) is 11.6 Å². The minimum Gasteiger partial charge on any atom is -0.497 e. The lowest BCUT2D eigenvalue weighted by molar-refractivity contribution is 0.102. The monoisotopic (exact) mass is 382 g/mol. The van der Waals surface area contributed by atoms with Crippen LogP contribution in [-0.4, -0.2) is 19.6 Å². The van der Waals surface area contributed by atoms with Crippen LogP contribution in [0.1, 0.15) is 15.9 Å². The van der Waals surface area contributed by atoms with Crippen molar-refractivity contribution in [3.8, 4) is 5.75 Å². The summed E-state index contributed by atoms with van der Waals surface area (Å²) >= 11 is 0. The molecule has 3 rings (SSSR count). The highest BCUT2D eigenvalue weighted by Gasteiger charge is 2.10. The summed E-state index contributed by atoms with van der Waals surface area (Å²) in [6.07, 6.45) is 0.860. The molecule has 0 saturated heterocycles. The Morgan fingerprint density at radius 2 is 1.57 bits per heavy atom. The van der Waals surface area contributed by atoms with E-state index in [4.69, 9.17) is 4.74 Å². The number of methoxy groups -OCH3 is 1. The summed E-state index contributed by atoms with van der Waals surface area (Å²) in [5.74, 6) is -1.71. The Bertz CT molecular complexity index is 942. The standard InChI is InChI=1S/C22H20F2N2O2/c1-28-19-9-2-15(3-10-19)12-13-25-17-5-7-18(8-6-17)26-22(27)16-4-11-20(23)21(24)14-16/h2-11,14,25H,12-13H2,1H3,(H,26,27). The maximum atomic E-state index is 13.2. The second-order valence-corrected chi connectivity index (χ2v) is 6.19. The molecule has 6 heteroatoms. The van der Waals surface area contributed by atoms with E-state index in [1.165, 1.54) is 11.6 Å². The predicted molar refractivity (Wildman–Crippen MR) is 106 cm³/mol. The Morgan fingerprint density at radius 1 is 0.893 bits per heavy atom. The van der Waals surface area contributed by atoms with E-state index in [1.807, 2.05) is 36.4 Å². The molecule has 0 aliphatic heterocycles. The van der Waals surface area contributed by atoms with Crippen LogP contribution in [0.2, 0.25) is 0 Å². The lowest BCUT2D eigenvalue weighted by Gasteiger charge is -2.09. The van der Waals surface area contributed by atoms with Crippen molar-refractivity contribution >= 4 is 17.3 Å². The van der Waals surface area contributed by atoms with Crippen LogP contribution in [0.25, 0.3) is 0 Å². The van der Waals surface area contributed by atoms with Gasteiger partial charge in [0.05, 0.1) is 7.11 Å². The molecule has 3 aromatic carbocycles. The van der Waals surface area contributed by atoms with Gasteiger partial charge in [-0.05, 0) is 66.6 Å². The fourth-order valence-electron chi connectivity index (χ4n) is 2.66. The first-order valence-electron chi connectivity index (χ1n) is 8.78. The summed E-state index contributed by atoms with van der Waals surface area (Å²) in [4.78, 5) is 12.1. The average molecular weight is 382 g/mol. The Hall–Kier alpha value is -3.41. The molecule has 0 saturated carbocycles. The van der Waals surface area contributed by atoms with Crippen molar-refractivity contribution < 1.29 is 18.3 Å². The van der Waals surface area contributed by atoms with Gasteiger partial charge in [0.2, 0.25) is 0 Å². The number of hydrogen-bond acceptors (Lipinski definition) is 3. The van der Waals surface area contributed by atoms with Crippen LogP contribution in [0, 0.1) is 11.6 Å². The highest BCUT2D eigenvalue weighted by molar-refractivity contribution is 6.04. The molecule has 0 aliphatic rings. The van der Waals surface area contributed by atoms with Gasteiger partial charge in [0.1, 0.15) is 5.75 Å². The summed E-state index contributed by atoms with van der Waals surface area (Å²) < 4.78 is 31.3. The minimum atomic E-state index is -1.05. The SMILES string of the molecule is COc1ccc(CCNc2ccc(NC(=O)c3ccc(F)c(F)c3)cc2)cc1. The first kappa shape index (κ1) is 19.4. The average Bonchev–Trinajstić information content (AvgIpc) is 2.72. The first-order chi connectivity index (χ1) is 13.5. The highest BCUT2D eigenvalue weighted by atomic mass is 19.2. The predicted octanol–water partition coefficient (Wildman–Crippen LogP) is 4.88. The number of halogens is 2. The second kappa shape index (κ2) is 8.99. The van der Waals surface area contributed by atoms with Gasteiger partial charge >= 0.3 is 0 Å². The molecule has 0 atom stereocenters. The molecule has 0 spiro atoms. The molecule has 144 valence electrons. The Balaban J connectivity index is 1.51. The Kier molecular flexibility index (Phi) is 6.22. The lowest BCUT2D eigenvalue weighted by Crippen LogP contribution is -2.12. The third kappa shape index (κ3) is 5.07. The number of anilines is 2. The van der Waals surface area contributed by atoms with E-state index in [0.717, 1.165) is 36.5 Å². The van der Waals surface area contributed by atoms with E-state index in [0.29, 0.717) is 5.69 Å². The molecular weight excluding hydrogens is 362 g/mol. The van der Waals surface area contributed by atoms with Crippen molar-refractivity contribution in [3.63, 3.8) is 0 Å². The third-order valence-electron chi connectivity index (χ3n) is 4.23. The van der Waals surface area contributed by atoms with Crippen molar-refractivity contribution in [3.05, 3.63) is 89.5 Å². The van der Waals surface area contributed by atoms with Crippen LogP contribution >= 0.6 is 0 Å². The Labute approximate surface area is 162 Å². The van der Waals surface area contributed by atoms with Gasteiger partial charge in [-0.15, -0.1) is 0 Å². The van der Waals surface area contributed by atoms with Gasteiger partial charge in [0, 0.05) is 23.5 Å². The van der Waals surface area contributed by atoms with Crippen molar-refractivity contribution in [2.45, 2.75) is 6.42 Å². The number of nitrogens with one attached hydrogen (secondary N) is 2. The van der Waals surface area contributed by atoms with Crippen LogP contribution < -0.4 is 15.4 Å². The van der Waals surface area contributed by atoms with E-state index in [9.17, 15) is 13.6 Å². The number of benzene rings is 3. The smallest absolute Gasteiger partial charge is 0.255 e. The van der Waals surface area contributed by atoms with Crippen molar-refractivity contribution in [1.82, 2.24) is 0 Å². The molecule has 0 heterocycles. The van der Waals surface area contributed by atoms with Crippen molar-refractivity contribution in [2.24, 2.45) is 0 Å². The first-order valence-corrected chi connectivity index (χ1v) is 8.78. The molecule has 1 amide bonds. The number of hydrogen-bond donors (Lipinski definition) is 2. The van der Waals surface area contributed by atoms with Crippen LogP contribution in [0.3, 0.4) is 0 Å². The largest absolute Gasteiger partial charge is 0.497 e. The zero-order chi connectivity index (χ0) is 19.9. The second-order valence-electron chi connectivity index (χ2n) is 6.19. The maximum absolute atomic E-state index is 13.2. The molecule has 0 bridgehead atoms. The van der Waals surface area contributed by atoms with E-state index in [-0.39, 0.29) is 5.56 Å². The van der Waals surface area contributed by atoms with Crippen LogP contribution in [0.15, 0.2) is 66.7 Å². The van der Waals surface area contributed by atoms with Gasteiger partial charge in [-0.2, -0.15) is 0 Å². The molecule has 3 aromatic rings. The highest BCUT2D eigenvalue weighted by Crippen LogP contribution is 2.16. The normalized spacial score (nSPS) is 10.4. The van der Waals surface area contributed by atoms with Crippen molar-refractivity contribution in [1.29, 1.82) is 0 Å². The van der Waals surface area contributed by atoms with E-state index >= 15 is 0 Å². The molecule has 4 nitrogen and oxygen atoms in total. The van der Waals surface area contributed by atoms with Gasteiger partial charge < -0.3 is 15.4 Å². The molecule has 28 heavy (non-hydrogen) atoms. The zero-order valence-corrected chi connectivity index (χ0v) is 15.3. The fourth-order valence-corrected chi connectivity index (χ4v) is 2.66. The summed E-state index contributed by atoms with van der Waals surface area (Å²) in [5.41, 5.74) is 2.74. The van der Waals surface area contributed by atoms with Gasteiger partial charge in [-0.3, -0.25) is 4.79 Å². The van der Waals surface area contributed by atoms with Crippen LogP contribution in [-0.2, 0) is 6.42 Å². The molecule has 0 aromatic heterocycles.